The summed E-state index contributed by atoms with van der Waals surface area (Å²) in [7, 11) is 0. The number of carbonyl (C=O) groups excluding carboxylic acids is 2. The molecule has 138 valence electrons. The molecule has 0 saturated heterocycles. The maximum atomic E-state index is 12.3. The smallest absolute Gasteiger partial charge is 0.251 e. The maximum absolute atomic E-state index is 12.3. The largest absolute Gasteiger partial charge is 0.548 e. The fourth-order valence-corrected chi connectivity index (χ4v) is 3.82. The second-order valence-electron chi connectivity index (χ2n) is 7.64. The van der Waals surface area contributed by atoms with Crippen LogP contribution >= 0.6 is 0 Å². The van der Waals surface area contributed by atoms with E-state index in [-0.39, 0.29) is 11.8 Å². The highest BCUT2D eigenvalue weighted by molar-refractivity contribution is 5.96. The molecule has 1 unspecified atom stereocenters. The third kappa shape index (κ3) is 5.32. The van der Waals surface area contributed by atoms with Crippen molar-refractivity contribution in [3.63, 3.8) is 0 Å². The van der Waals surface area contributed by atoms with E-state index in [4.69, 9.17) is 0 Å². The zero-order valence-corrected chi connectivity index (χ0v) is 15.6. The Morgan fingerprint density at radius 1 is 1.12 bits per heavy atom. The average molecular weight is 344 g/mol. The zero-order valence-electron chi connectivity index (χ0n) is 15.6. The summed E-state index contributed by atoms with van der Waals surface area (Å²) in [5.41, 5.74) is 1.78. The Labute approximate surface area is 151 Å². The van der Waals surface area contributed by atoms with Gasteiger partial charge in [0.2, 0.25) is 0 Å². The number of nitrogens with one attached hydrogen (secondary N) is 1. The van der Waals surface area contributed by atoms with Gasteiger partial charge in [-0.3, -0.25) is 4.79 Å². The van der Waals surface area contributed by atoms with Crippen molar-refractivity contribution in [3.8, 4) is 0 Å². The molecule has 1 saturated carbocycles. The van der Waals surface area contributed by atoms with Gasteiger partial charge in [0.1, 0.15) is 0 Å². The first-order valence-corrected chi connectivity index (χ1v) is 9.54. The van der Waals surface area contributed by atoms with Gasteiger partial charge in [-0.15, -0.1) is 0 Å². The molecule has 0 bridgehead atoms. The van der Waals surface area contributed by atoms with E-state index in [2.05, 4.69) is 12.2 Å². The Bertz CT molecular complexity index is 571. The monoisotopic (exact) mass is 344 g/mol. The fourth-order valence-electron chi connectivity index (χ4n) is 3.82. The predicted molar refractivity (Wildman–Crippen MR) is 97.1 cm³/mol. The molecule has 1 aliphatic rings. The molecule has 25 heavy (non-hydrogen) atoms. The number of rotatable bonds is 7. The summed E-state index contributed by atoms with van der Waals surface area (Å²) in [6.45, 7) is 5.75. The number of hydrogen-bond acceptors (Lipinski definition) is 3. The molecule has 1 atom stereocenters. The van der Waals surface area contributed by atoms with E-state index in [1.54, 1.807) is 26.0 Å². The number of benzene rings is 1. The second-order valence-corrected chi connectivity index (χ2v) is 7.64. The third-order valence-electron chi connectivity index (χ3n) is 5.40. The number of carboxylic acid groups (broad SMARTS) is 1. The molecule has 1 N–H and O–H groups in total. The summed E-state index contributed by atoms with van der Waals surface area (Å²) in [5.74, 6) is -0.364. The molecule has 4 heteroatoms. The Kier molecular flexibility index (Phi) is 7.03. The van der Waals surface area contributed by atoms with Crippen LogP contribution in [0.2, 0.25) is 0 Å². The molecule has 0 spiro atoms. The van der Waals surface area contributed by atoms with Crippen molar-refractivity contribution in [3.05, 3.63) is 35.4 Å². The summed E-state index contributed by atoms with van der Waals surface area (Å²) >= 11 is 0. The first kappa shape index (κ1) is 19.5. The Balaban J connectivity index is 1.95. The minimum absolute atomic E-state index is 0.216. The Morgan fingerprint density at radius 2 is 1.72 bits per heavy atom. The van der Waals surface area contributed by atoms with Gasteiger partial charge >= 0.3 is 0 Å². The summed E-state index contributed by atoms with van der Waals surface area (Å²) in [4.78, 5) is 23.4. The van der Waals surface area contributed by atoms with Crippen LogP contribution in [0.1, 0.15) is 81.1 Å². The van der Waals surface area contributed by atoms with Crippen molar-refractivity contribution in [2.75, 3.05) is 0 Å². The quantitative estimate of drug-likeness (QED) is 0.825. The van der Waals surface area contributed by atoms with Crippen LogP contribution in [0.15, 0.2) is 24.3 Å². The van der Waals surface area contributed by atoms with Crippen LogP contribution in [0.25, 0.3) is 0 Å². The first-order valence-electron chi connectivity index (χ1n) is 9.54. The van der Waals surface area contributed by atoms with Gasteiger partial charge < -0.3 is 15.2 Å². The van der Waals surface area contributed by atoms with Gasteiger partial charge in [0.25, 0.3) is 5.91 Å². The molecule has 1 amide bonds. The standard InChI is InChI=1S/C21H31NO3/c1-4-5-15-6-8-16(9-7-15)17-10-12-18(13-11-17)20(23)22-19(14(2)3)21(24)25/h10-16,19H,4-9H2,1-3H3,(H,22,23)(H,24,25)/p-1. The molecule has 4 nitrogen and oxygen atoms in total. The van der Waals surface area contributed by atoms with E-state index in [0.29, 0.717) is 11.5 Å². The predicted octanol–water partition coefficient (Wildman–Crippen LogP) is 3.26. The molecule has 1 aliphatic carbocycles. The fraction of sp³-hybridized carbons (Fsp3) is 0.619. The van der Waals surface area contributed by atoms with E-state index < -0.39 is 12.0 Å². The van der Waals surface area contributed by atoms with Gasteiger partial charge in [-0.05, 0) is 61.1 Å². The number of carbonyl (C=O) groups is 2. The lowest BCUT2D eigenvalue weighted by atomic mass is 9.77. The molecular weight excluding hydrogens is 314 g/mol. The highest BCUT2D eigenvalue weighted by atomic mass is 16.4. The average Bonchev–Trinajstić information content (AvgIpc) is 2.60. The van der Waals surface area contributed by atoms with Crippen LogP contribution in [0.5, 0.6) is 0 Å². The highest BCUT2D eigenvalue weighted by Crippen LogP contribution is 2.37. The Hall–Kier alpha value is -1.84. The van der Waals surface area contributed by atoms with E-state index in [1.807, 2.05) is 12.1 Å². The van der Waals surface area contributed by atoms with Crippen LogP contribution in [-0.2, 0) is 4.79 Å². The number of carboxylic acids is 1. The maximum Gasteiger partial charge on any atom is 0.251 e. The third-order valence-corrected chi connectivity index (χ3v) is 5.40. The molecular formula is C21H30NO3-. The van der Waals surface area contributed by atoms with Crippen LogP contribution in [-0.4, -0.2) is 17.9 Å². The topological polar surface area (TPSA) is 69.2 Å². The lowest BCUT2D eigenvalue weighted by molar-refractivity contribution is -0.309. The highest BCUT2D eigenvalue weighted by Gasteiger charge is 2.22. The van der Waals surface area contributed by atoms with Crippen LogP contribution in [0.3, 0.4) is 0 Å². The van der Waals surface area contributed by atoms with Crippen molar-refractivity contribution in [1.82, 2.24) is 5.32 Å². The van der Waals surface area contributed by atoms with Crippen molar-refractivity contribution in [2.45, 2.75) is 71.3 Å². The van der Waals surface area contributed by atoms with Crippen molar-refractivity contribution < 1.29 is 14.7 Å². The number of aliphatic carboxylic acids is 1. The van der Waals surface area contributed by atoms with Crippen molar-refractivity contribution >= 4 is 11.9 Å². The minimum atomic E-state index is -1.25. The van der Waals surface area contributed by atoms with E-state index in [0.717, 1.165) is 5.92 Å². The molecule has 0 aromatic heterocycles. The van der Waals surface area contributed by atoms with E-state index >= 15 is 0 Å². The Morgan fingerprint density at radius 3 is 2.20 bits per heavy atom. The lowest BCUT2D eigenvalue weighted by Crippen LogP contribution is -2.50. The van der Waals surface area contributed by atoms with E-state index in [1.165, 1.54) is 44.1 Å². The molecule has 0 radical (unpaired) electrons. The van der Waals surface area contributed by atoms with Crippen LogP contribution in [0.4, 0.5) is 0 Å². The minimum Gasteiger partial charge on any atom is -0.548 e. The second kappa shape index (κ2) is 9.02. The van der Waals surface area contributed by atoms with E-state index in [9.17, 15) is 14.7 Å². The molecule has 0 aliphatic heterocycles. The zero-order chi connectivity index (χ0) is 18.4. The molecule has 2 rings (SSSR count). The van der Waals surface area contributed by atoms with Crippen molar-refractivity contribution in [2.24, 2.45) is 11.8 Å². The SMILES string of the molecule is CCCC1CCC(c2ccc(C(=O)NC(C(=O)[O-])C(C)C)cc2)CC1. The van der Waals surface area contributed by atoms with Gasteiger partial charge in [-0.1, -0.05) is 45.7 Å². The van der Waals surface area contributed by atoms with Gasteiger partial charge in [0.05, 0.1) is 12.0 Å². The number of hydrogen-bond donors (Lipinski definition) is 1. The number of amides is 1. The van der Waals surface area contributed by atoms with Crippen molar-refractivity contribution in [1.29, 1.82) is 0 Å². The summed E-state index contributed by atoms with van der Waals surface area (Å²) in [5, 5.41) is 13.7. The van der Waals surface area contributed by atoms with Gasteiger partial charge in [-0.2, -0.15) is 0 Å². The van der Waals surface area contributed by atoms with Gasteiger partial charge in [0, 0.05) is 5.56 Å². The summed E-state index contributed by atoms with van der Waals surface area (Å²) < 4.78 is 0. The first-order chi connectivity index (χ1) is 11.9. The molecule has 1 fully saturated rings. The molecule has 1 aromatic rings. The summed E-state index contributed by atoms with van der Waals surface area (Å²) in [6, 6.07) is 6.66. The normalized spacial score (nSPS) is 21.8. The lowest BCUT2D eigenvalue weighted by Gasteiger charge is -2.28. The van der Waals surface area contributed by atoms with Crippen LogP contribution < -0.4 is 10.4 Å². The van der Waals surface area contributed by atoms with Gasteiger partial charge in [0.15, 0.2) is 0 Å². The molecule has 0 heterocycles. The van der Waals surface area contributed by atoms with Crippen LogP contribution in [0, 0.1) is 11.8 Å². The van der Waals surface area contributed by atoms with Gasteiger partial charge in [-0.25, -0.2) is 0 Å². The molecule has 1 aromatic carbocycles. The summed E-state index contributed by atoms with van der Waals surface area (Å²) in [6.07, 6.45) is 7.63.